The number of nitrogen functional groups attached to an aromatic ring is 1. The van der Waals surface area contributed by atoms with Gasteiger partial charge < -0.3 is 16.2 Å². The quantitative estimate of drug-likeness (QED) is 0.582. The number of hydrogen-bond donors (Lipinski definition) is 4. The molecule has 0 radical (unpaired) electrons. The minimum atomic E-state index is -1.10. The zero-order chi connectivity index (χ0) is 13.1. The van der Waals surface area contributed by atoms with E-state index in [0.29, 0.717) is 5.01 Å². The summed E-state index contributed by atoms with van der Waals surface area (Å²) in [4.78, 5) is 29.6. The monoisotopic (exact) mass is 268 g/mol. The lowest BCUT2D eigenvalue weighted by Crippen LogP contribution is -2.24. The minimum absolute atomic E-state index is 0.0116. The fraction of sp³-hybridized carbons (Fsp3) is 0.125. The predicted octanol–water partition coefficient (Wildman–Crippen LogP) is -0.528. The van der Waals surface area contributed by atoms with Gasteiger partial charge >= 0.3 is 5.97 Å². The number of aromatic carboxylic acids is 1. The first-order valence-corrected chi connectivity index (χ1v) is 5.58. The molecule has 2 heterocycles. The maximum absolute atomic E-state index is 11.5. The molecule has 0 bridgehead atoms. The van der Waals surface area contributed by atoms with Gasteiger partial charge in [-0.2, -0.15) is 4.98 Å². The number of nitrogens with one attached hydrogen (secondary N) is 2. The summed E-state index contributed by atoms with van der Waals surface area (Å²) in [6.07, 6.45) is 0. The number of aromatic amines is 1. The van der Waals surface area contributed by atoms with Gasteiger partial charge in [0, 0.05) is 5.38 Å². The molecule has 0 saturated heterocycles. The Labute approximate surface area is 104 Å². The zero-order valence-corrected chi connectivity index (χ0v) is 9.69. The number of carboxylic acids is 1. The summed E-state index contributed by atoms with van der Waals surface area (Å²) < 4.78 is 0. The van der Waals surface area contributed by atoms with Crippen molar-refractivity contribution in [3.8, 4) is 0 Å². The van der Waals surface area contributed by atoms with Gasteiger partial charge in [0.25, 0.3) is 5.91 Å². The average Bonchev–Trinajstić information content (AvgIpc) is 2.94. The van der Waals surface area contributed by atoms with Crippen LogP contribution in [0.15, 0.2) is 5.38 Å². The van der Waals surface area contributed by atoms with E-state index >= 15 is 0 Å². The smallest absolute Gasteiger partial charge is 0.355 e. The van der Waals surface area contributed by atoms with Crippen LogP contribution in [0, 0.1) is 0 Å². The third kappa shape index (κ3) is 2.60. The van der Waals surface area contributed by atoms with Crippen molar-refractivity contribution in [3.05, 3.63) is 21.9 Å². The molecule has 18 heavy (non-hydrogen) atoms. The highest BCUT2D eigenvalue weighted by molar-refractivity contribution is 7.09. The fourth-order valence-corrected chi connectivity index (χ4v) is 1.81. The van der Waals surface area contributed by atoms with Crippen molar-refractivity contribution in [3.63, 3.8) is 0 Å². The molecule has 9 nitrogen and oxygen atoms in total. The summed E-state index contributed by atoms with van der Waals surface area (Å²) in [5.41, 5.74) is 5.20. The lowest BCUT2D eigenvalue weighted by Gasteiger charge is -1.98. The number of nitrogens with zero attached hydrogens (tertiary/aromatic N) is 3. The van der Waals surface area contributed by atoms with Crippen LogP contribution in [0.5, 0.6) is 0 Å². The molecule has 1 amide bonds. The molecule has 2 aromatic heterocycles. The van der Waals surface area contributed by atoms with Crippen LogP contribution in [0.2, 0.25) is 0 Å². The Morgan fingerprint density at radius 2 is 2.28 bits per heavy atom. The van der Waals surface area contributed by atoms with Gasteiger partial charge in [0.1, 0.15) is 5.01 Å². The van der Waals surface area contributed by atoms with E-state index < -0.39 is 11.9 Å². The summed E-state index contributed by atoms with van der Waals surface area (Å²) in [6.45, 7) is 0.109. The highest BCUT2D eigenvalue weighted by Crippen LogP contribution is 2.09. The van der Waals surface area contributed by atoms with Crippen LogP contribution < -0.4 is 11.1 Å². The van der Waals surface area contributed by atoms with E-state index in [1.165, 1.54) is 5.38 Å². The zero-order valence-electron chi connectivity index (χ0n) is 8.88. The number of anilines is 1. The fourth-order valence-electron chi connectivity index (χ4n) is 1.11. The Hall–Kier alpha value is -2.49. The van der Waals surface area contributed by atoms with Gasteiger partial charge in [0.2, 0.25) is 11.8 Å². The topological polar surface area (TPSA) is 147 Å². The summed E-state index contributed by atoms with van der Waals surface area (Å²) >= 11 is 1.14. The summed E-state index contributed by atoms with van der Waals surface area (Å²) in [7, 11) is 0. The number of amides is 1. The third-order valence-corrected chi connectivity index (χ3v) is 2.74. The van der Waals surface area contributed by atoms with Crippen molar-refractivity contribution >= 4 is 29.2 Å². The molecule has 0 spiro atoms. The molecular weight excluding hydrogens is 260 g/mol. The van der Waals surface area contributed by atoms with Crippen molar-refractivity contribution in [1.29, 1.82) is 0 Å². The third-order valence-electron chi connectivity index (χ3n) is 1.89. The van der Waals surface area contributed by atoms with Crippen LogP contribution >= 0.6 is 11.3 Å². The summed E-state index contributed by atoms with van der Waals surface area (Å²) in [5, 5.41) is 18.9. The number of carbonyl (C=O) groups is 2. The number of carboxylic acid groups (broad SMARTS) is 1. The van der Waals surface area contributed by atoms with E-state index in [1.807, 2.05) is 0 Å². The second-order valence-electron chi connectivity index (χ2n) is 3.16. The molecule has 10 heteroatoms. The van der Waals surface area contributed by atoms with Crippen molar-refractivity contribution in [2.45, 2.75) is 6.54 Å². The van der Waals surface area contributed by atoms with Gasteiger partial charge in [-0.15, -0.1) is 16.4 Å². The molecule has 0 aliphatic rings. The molecule has 94 valence electrons. The van der Waals surface area contributed by atoms with Gasteiger partial charge in [-0.1, -0.05) is 0 Å². The molecule has 0 fully saturated rings. The number of carbonyl (C=O) groups excluding carboxylic acids is 1. The van der Waals surface area contributed by atoms with E-state index in [9.17, 15) is 9.59 Å². The first-order chi connectivity index (χ1) is 8.56. The molecule has 5 N–H and O–H groups in total. The van der Waals surface area contributed by atoms with Crippen molar-refractivity contribution in [2.75, 3.05) is 5.73 Å². The van der Waals surface area contributed by atoms with Crippen LogP contribution in [0.4, 0.5) is 5.95 Å². The lowest BCUT2D eigenvalue weighted by atomic mass is 10.5. The van der Waals surface area contributed by atoms with Gasteiger partial charge in [-0.25, -0.2) is 9.78 Å². The number of rotatable bonds is 4. The Morgan fingerprint density at radius 3 is 2.83 bits per heavy atom. The van der Waals surface area contributed by atoms with E-state index in [2.05, 4.69) is 25.5 Å². The molecule has 0 atom stereocenters. The molecule has 2 rings (SSSR count). The highest BCUT2D eigenvalue weighted by Gasteiger charge is 2.12. The van der Waals surface area contributed by atoms with Crippen molar-refractivity contribution in [2.24, 2.45) is 0 Å². The highest BCUT2D eigenvalue weighted by atomic mass is 32.1. The Morgan fingerprint density at radius 1 is 1.50 bits per heavy atom. The molecule has 0 unspecified atom stereocenters. The lowest BCUT2D eigenvalue weighted by molar-refractivity contribution is 0.0691. The minimum Gasteiger partial charge on any atom is -0.476 e. The van der Waals surface area contributed by atoms with Gasteiger partial charge in [0.15, 0.2) is 5.69 Å². The summed E-state index contributed by atoms with van der Waals surface area (Å²) in [6, 6.07) is 0. The molecule has 2 aromatic rings. The molecule has 0 aromatic carbocycles. The van der Waals surface area contributed by atoms with E-state index in [0.717, 1.165) is 11.3 Å². The molecular formula is C8H8N6O3S. The Kier molecular flexibility index (Phi) is 3.19. The number of hydrogen-bond acceptors (Lipinski definition) is 7. The number of aromatic nitrogens is 4. The van der Waals surface area contributed by atoms with Crippen LogP contribution in [-0.2, 0) is 6.54 Å². The molecule has 0 saturated carbocycles. The van der Waals surface area contributed by atoms with E-state index in [1.54, 1.807) is 0 Å². The first kappa shape index (κ1) is 12.0. The standard InChI is InChI=1S/C8H8N6O3S/c9-8-12-5(13-14-8)6(15)10-1-4-11-3(2-18-4)7(16)17/h2H,1H2,(H,10,15)(H,16,17)(H3,9,12,13,14). The predicted molar refractivity (Wildman–Crippen MR) is 61.0 cm³/mol. The first-order valence-electron chi connectivity index (χ1n) is 4.70. The van der Waals surface area contributed by atoms with Crippen molar-refractivity contribution in [1.82, 2.24) is 25.5 Å². The molecule has 0 aliphatic heterocycles. The SMILES string of the molecule is Nc1n[nH]c(C(=O)NCc2nc(C(=O)O)cs2)n1. The second kappa shape index (κ2) is 4.79. The largest absolute Gasteiger partial charge is 0.476 e. The van der Waals surface area contributed by atoms with Crippen LogP contribution in [0.3, 0.4) is 0 Å². The van der Waals surface area contributed by atoms with Crippen LogP contribution in [-0.4, -0.2) is 37.1 Å². The normalized spacial score (nSPS) is 10.2. The van der Waals surface area contributed by atoms with Crippen molar-refractivity contribution < 1.29 is 14.7 Å². The Bertz CT molecular complexity index is 591. The number of H-pyrrole nitrogens is 1. The van der Waals surface area contributed by atoms with Gasteiger partial charge in [-0.05, 0) is 0 Å². The maximum Gasteiger partial charge on any atom is 0.355 e. The molecule has 0 aliphatic carbocycles. The van der Waals surface area contributed by atoms with E-state index in [4.69, 9.17) is 10.8 Å². The van der Waals surface area contributed by atoms with Crippen LogP contribution in [0.25, 0.3) is 0 Å². The van der Waals surface area contributed by atoms with Gasteiger partial charge in [-0.3, -0.25) is 9.89 Å². The average molecular weight is 268 g/mol. The van der Waals surface area contributed by atoms with Gasteiger partial charge in [0.05, 0.1) is 6.54 Å². The number of thiazole rings is 1. The maximum atomic E-state index is 11.5. The summed E-state index contributed by atoms with van der Waals surface area (Å²) in [5.74, 6) is -1.64. The van der Waals surface area contributed by atoms with E-state index in [-0.39, 0.29) is 24.0 Å². The Balaban J connectivity index is 1.95. The number of nitrogens with two attached hydrogens (primary N) is 1. The van der Waals surface area contributed by atoms with Crippen LogP contribution in [0.1, 0.15) is 26.1 Å². The second-order valence-corrected chi connectivity index (χ2v) is 4.10.